The van der Waals surface area contributed by atoms with E-state index >= 15 is 0 Å². The lowest BCUT2D eigenvalue weighted by molar-refractivity contribution is -0.366. The highest BCUT2D eigenvalue weighted by atomic mass is 32.3. The first-order chi connectivity index (χ1) is 28.7. The van der Waals surface area contributed by atoms with Gasteiger partial charge in [-0.25, -0.2) is 26.3 Å². The zero-order valence-electron chi connectivity index (χ0n) is 30.7. The molecule has 0 aromatic rings. The highest BCUT2D eigenvalue weighted by molar-refractivity contribution is 7.81. The van der Waals surface area contributed by atoms with Gasteiger partial charge in [-0.15, -0.1) is 0 Å². The summed E-state index contributed by atoms with van der Waals surface area (Å²) >= 11 is 0. The molecule has 35 nitrogen and oxygen atoms in total. The van der Waals surface area contributed by atoms with E-state index in [0.717, 1.165) is 0 Å². The van der Waals surface area contributed by atoms with E-state index in [1.807, 2.05) is 0 Å². The Morgan fingerprint density at radius 2 is 0.857 bits per heavy atom. The molecule has 4 saturated heterocycles. The SMILES string of the molecule is N[C@H]1[C@@H](O[C@H]2[C@H](O)[C@@H](OS(=O)(=O)O)[C@H](O[C@H]3[C@H](O)[C@@H](N)C(O)O[C@@H]3COS(=O)(=O)O)O[C@@H]2C(=O)O)O[C@H](COS(=O)(=O)O)[C@@H](O[C@@H]2O[C@H](C(=O)O)[C@@H](O)[C@H](O)[C@H]2OS(=O)(=O)O)[C@@H]1O. The molecule has 0 spiro atoms. The Morgan fingerprint density at radius 1 is 0.460 bits per heavy atom. The monoisotopic (exact) mass is 1010 g/mol. The number of aliphatic hydroxyl groups is 6. The maximum Gasteiger partial charge on any atom is 0.397 e. The molecule has 4 aliphatic heterocycles. The maximum absolute atomic E-state index is 12.5. The van der Waals surface area contributed by atoms with Gasteiger partial charge in [-0.05, 0) is 0 Å². The number of hydrogen-bond donors (Lipinski definition) is 14. The van der Waals surface area contributed by atoms with E-state index in [-0.39, 0.29) is 0 Å². The number of ether oxygens (including phenoxy) is 7. The molecule has 1 unspecified atom stereocenters. The van der Waals surface area contributed by atoms with Crippen LogP contribution in [0.25, 0.3) is 0 Å². The molecule has 0 aliphatic carbocycles. The molecule has 0 amide bonds. The molecule has 0 aromatic carbocycles. The summed E-state index contributed by atoms with van der Waals surface area (Å²) in [6, 6.07) is -4.06. The second kappa shape index (κ2) is 20.4. The van der Waals surface area contributed by atoms with Gasteiger partial charge in [0.25, 0.3) is 0 Å². The van der Waals surface area contributed by atoms with Crippen molar-refractivity contribution in [2.75, 3.05) is 13.2 Å². The zero-order valence-corrected chi connectivity index (χ0v) is 34.0. The molecule has 368 valence electrons. The Kier molecular flexibility index (Phi) is 17.3. The third-order valence-corrected chi connectivity index (χ3v) is 10.9. The van der Waals surface area contributed by atoms with Gasteiger partial charge in [0.2, 0.25) is 0 Å². The topological polar surface area (TPSA) is 567 Å². The average molecular weight is 1010 g/mol. The Labute approximate surface area is 352 Å². The number of nitrogens with two attached hydrogens (primary N) is 2. The smallest absolute Gasteiger partial charge is 0.397 e. The number of rotatable bonds is 18. The Morgan fingerprint density at radius 3 is 1.29 bits per heavy atom. The summed E-state index contributed by atoms with van der Waals surface area (Å²) in [7, 11) is -22.2. The van der Waals surface area contributed by atoms with Crippen molar-refractivity contribution < 1.29 is 152 Å². The summed E-state index contributed by atoms with van der Waals surface area (Å²) in [4.78, 5) is 24.2. The summed E-state index contributed by atoms with van der Waals surface area (Å²) < 4.78 is 183. The summed E-state index contributed by atoms with van der Waals surface area (Å²) in [5.74, 6) is -4.18. The van der Waals surface area contributed by atoms with Crippen molar-refractivity contribution in [2.24, 2.45) is 11.5 Å². The normalized spacial score (nSPS) is 42.1. The minimum atomic E-state index is -5.78. The summed E-state index contributed by atoms with van der Waals surface area (Å²) in [5.41, 5.74) is 11.7. The molecule has 0 bridgehead atoms. The standard InChI is InChI=1S/C24H40N2O33S4/c25-5-7(27)12(3(51-21(5)36)1-49-60(37,38)39)53-24-17(59-63(46,47)48)11(31)14(18(57-24)20(34)35)55-22-6(26)8(28)13(4(52-22)2-50-61(40,41)42)54-23-16(58-62(43,44)45)10(30)9(29)15(56-23)19(32)33/h3-18,21-24,27-31,36H,1-2,25-26H2,(H,32,33)(H,34,35)(H,37,38,39)(H,40,41,42)(H,43,44,45)(H,46,47,48)/t3-,4-,5-,6-,7-,8-,9+,10+,11+,12-,13-,14+,15+,16-,17-,18+,21?,22-,23-,24-/m1/s1. The van der Waals surface area contributed by atoms with Crippen molar-refractivity contribution in [3.8, 4) is 0 Å². The van der Waals surface area contributed by atoms with Crippen molar-refractivity contribution in [1.82, 2.24) is 0 Å². The van der Waals surface area contributed by atoms with Gasteiger partial charge in [0.1, 0.15) is 61.0 Å². The number of hydrogen-bond acceptors (Lipinski definition) is 29. The van der Waals surface area contributed by atoms with Gasteiger partial charge in [0, 0.05) is 0 Å². The molecule has 39 heteroatoms. The van der Waals surface area contributed by atoms with Crippen molar-refractivity contribution in [3.05, 3.63) is 0 Å². The van der Waals surface area contributed by atoms with E-state index in [1.165, 1.54) is 0 Å². The van der Waals surface area contributed by atoms with Crippen molar-refractivity contribution in [2.45, 2.75) is 123 Å². The van der Waals surface area contributed by atoms with Gasteiger partial charge in [0.15, 0.2) is 49.6 Å². The van der Waals surface area contributed by atoms with E-state index in [2.05, 4.69) is 16.7 Å². The van der Waals surface area contributed by atoms with Crippen molar-refractivity contribution >= 4 is 53.5 Å². The average Bonchev–Trinajstić information content (AvgIpc) is 3.13. The first-order valence-corrected chi connectivity index (χ1v) is 22.3. The summed E-state index contributed by atoms with van der Waals surface area (Å²) in [6.45, 7) is -2.83. The molecule has 4 rings (SSSR count). The van der Waals surface area contributed by atoms with Crippen LogP contribution in [0.5, 0.6) is 0 Å². The predicted molar refractivity (Wildman–Crippen MR) is 181 cm³/mol. The van der Waals surface area contributed by atoms with Crippen LogP contribution in [-0.2, 0) is 101 Å². The molecule has 4 fully saturated rings. The number of aliphatic carboxylic acids is 2. The number of carboxylic acids is 2. The van der Waals surface area contributed by atoms with Crippen LogP contribution < -0.4 is 11.5 Å². The second-order valence-electron chi connectivity index (χ2n) is 13.4. The van der Waals surface area contributed by atoms with E-state index in [4.69, 9.17) is 49.2 Å². The van der Waals surface area contributed by atoms with Crippen LogP contribution in [0.1, 0.15) is 0 Å². The van der Waals surface area contributed by atoms with Crippen LogP contribution in [0, 0.1) is 0 Å². The first-order valence-electron chi connectivity index (χ1n) is 16.9. The number of carboxylic acid groups (broad SMARTS) is 2. The van der Waals surface area contributed by atoms with Crippen LogP contribution in [-0.4, -0.2) is 241 Å². The third kappa shape index (κ3) is 13.9. The van der Waals surface area contributed by atoms with Crippen molar-refractivity contribution in [3.63, 3.8) is 0 Å². The zero-order chi connectivity index (χ0) is 47.9. The molecule has 0 radical (unpaired) electrons. The third-order valence-electron chi connectivity index (χ3n) is 9.12. The van der Waals surface area contributed by atoms with Gasteiger partial charge in [-0.1, -0.05) is 0 Å². The van der Waals surface area contributed by atoms with E-state index in [1.54, 1.807) is 0 Å². The van der Waals surface area contributed by atoms with Gasteiger partial charge in [0.05, 0.1) is 25.3 Å². The molecular formula is C24H40N2O33S4. The summed E-state index contributed by atoms with van der Waals surface area (Å²) in [5, 5.41) is 83.6. The van der Waals surface area contributed by atoms with E-state index in [0.29, 0.717) is 0 Å². The van der Waals surface area contributed by atoms with E-state index in [9.17, 15) is 97.8 Å². The molecule has 16 N–H and O–H groups in total. The minimum absolute atomic E-state index is 1.31. The summed E-state index contributed by atoms with van der Waals surface area (Å²) in [6.07, 6.45) is -44.4. The molecule has 20 atom stereocenters. The van der Waals surface area contributed by atoms with Crippen LogP contribution in [0.3, 0.4) is 0 Å². The lowest BCUT2D eigenvalue weighted by Crippen LogP contribution is -2.70. The first kappa shape index (κ1) is 53.4. The lowest BCUT2D eigenvalue weighted by atomic mass is 9.94. The largest absolute Gasteiger partial charge is 0.479 e. The lowest BCUT2D eigenvalue weighted by Gasteiger charge is -2.49. The highest BCUT2D eigenvalue weighted by Crippen LogP contribution is 2.36. The number of aliphatic hydroxyl groups excluding tert-OH is 6. The molecule has 4 heterocycles. The molecule has 0 aromatic heterocycles. The molecule has 4 aliphatic rings. The fraction of sp³-hybridized carbons (Fsp3) is 0.917. The maximum atomic E-state index is 12.5. The molecule has 63 heavy (non-hydrogen) atoms. The van der Waals surface area contributed by atoms with Gasteiger partial charge in [-0.2, -0.15) is 33.7 Å². The van der Waals surface area contributed by atoms with Gasteiger partial charge >= 0.3 is 53.5 Å². The van der Waals surface area contributed by atoms with Crippen molar-refractivity contribution in [1.29, 1.82) is 0 Å². The van der Waals surface area contributed by atoms with Gasteiger partial charge in [-0.3, -0.25) is 18.2 Å². The minimum Gasteiger partial charge on any atom is -0.479 e. The van der Waals surface area contributed by atoms with Crippen LogP contribution in [0.4, 0.5) is 0 Å². The fourth-order valence-electron chi connectivity index (χ4n) is 6.32. The number of carbonyl (C=O) groups is 2. The highest BCUT2D eigenvalue weighted by Gasteiger charge is 2.58. The molecular weight excluding hydrogens is 973 g/mol. The quantitative estimate of drug-likeness (QED) is 0.0567. The Bertz CT molecular complexity index is 2060. The van der Waals surface area contributed by atoms with E-state index < -0.39 is 189 Å². The van der Waals surface area contributed by atoms with Crippen LogP contribution in [0.2, 0.25) is 0 Å². The predicted octanol–water partition coefficient (Wildman–Crippen LogP) is -10.3. The van der Waals surface area contributed by atoms with Crippen LogP contribution in [0.15, 0.2) is 0 Å². The Hall–Kier alpha value is -2.18. The fourth-order valence-corrected chi connectivity index (χ4v) is 7.90. The van der Waals surface area contributed by atoms with Crippen LogP contribution >= 0.6 is 0 Å². The van der Waals surface area contributed by atoms with Gasteiger partial charge < -0.3 is 85.5 Å². The Balaban J connectivity index is 1.68. The molecule has 0 saturated carbocycles. The second-order valence-corrected chi connectivity index (χ2v) is 17.7.